The lowest BCUT2D eigenvalue weighted by atomic mass is 9.55. The van der Waals surface area contributed by atoms with Crippen molar-refractivity contribution >= 4 is 0 Å². The number of hydrogen-bond acceptors (Lipinski definition) is 2. The Morgan fingerprint density at radius 3 is 2.31 bits per heavy atom. The molecule has 1 saturated heterocycles. The van der Waals surface area contributed by atoms with Crippen molar-refractivity contribution in [1.82, 2.24) is 10.2 Å². The summed E-state index contributed by atoms with van der Waals surface area (Å²) < 4.78 is 0. The SMILES string of the molecule is CCCCCCNC[C@@H](C)C1CC2(C1)CN(CC(CC)CCCCC)C2. The molecule has 0 radical (unpaired) electrons. The van der Waals surface area contributed by atoms with Crippen molar-refractivity contribution in [2.24, 2.45) is 23.2 Å². The number of rotatable bonds is 15. The zero-order valence-electron chi connectivity index (χ0n) is 18.5. The van der Waals surface area contributed by atoms with Crippen LogP contribution in [0.25, 0.3) is 0 Å². The van der Waals surface area contributed by atoms with E-state index in [-0.39, 0.29) is 0 Å². The van der Waals surface area contributed by atoms with Gasteiger partial charge in [0, 0.05) is 19.6 Å². The standard InChI is InChI=1S/C24H48N2/c1-5-8-10-12-14-25-17-21(4)23-15-24(16-23)19-26(20-24)18-22(7-3)13-11-9-6-2/h21-23,25H,5-20H2,1-4H3/t21-,22?/m1/s1. The van der Waals surface area contributed by atoms with Gasteiger partial charge in [-0.1, -0.05) is 72.6 Å². The van der Waals surface area contributed by atoms with E-state index < -0.39 is 0 Å². The maximum absolute atomic E-state index is 3.71. The van der Waals surface area contributed by atoms with Crippen LogP contribution in [0.3, 0.4) is 0 Å². The van der Waals surface area contributed by atoms with E-state index in [1.807, 2.05) is 0 Å². The van der Waals surface area contributed by atoms with E-state index >= 15 is 0 Å². The molecule has 0 aromatic heterocycles. The van der Waals surface area contributed by atoms with Gasteiger partial charge in [-0.05, 0) is 61.9 Å². The molecule has 1 aliphatic heterocycles. The molecule has 2 heteroatoms. The Labute approximate surface area is 164 Å². The highest BCUT2D eigenvalue weighted by Gasteiger charge is 2.52. The van der Waals surface area contributed by atoms with E-state index in [9.17, 15) is 0 Å². The first-order valence-electron chi connectivity index (χ1n) is 12.1. The zero-order valence-corrected chi connectivity index (χ0v) is 18.5. The molecule has 2 fully saturated rings. The lowest BCUT2D eigenvalue weighted by Crippen LogP contribution is -2.63. The Morgan fingerprint density at radius 1 is 0.962 bits per heavy atom. The van der Waals surface area contributed by atoms with Gasteiger partial charge in [0.2, 0.25) is 0 Å². The van der Waals surface area contributed by atoms with Gasteiger partial charge in [-0.25, -0.2) is 0 Å². The van der Waals surface area contributed by atoms with Crippen LogP contribution in [0.1, 0.15) is 98.3 Å². The first-order valence-corrected chi connectivity index (χ1v) is 12.1. The minimum atomic E-state index is 0.738. The molecule has 1 N–H and O–H groups in total. The van der Waals surface area contributed by atoms with Crippen LogP contribution in [-0.2, 0) is 0 Å². The van der Waals surface area contributed by atoms with Crippen molar-refractivity contribution in [3.05, 3.63) is 0 Å². The Balaban J connectivity index is 1.52. The van der Waals surface area contributed by atoms with E-state index in [1.165, 1.54) is 103 Å². The van der Waals surface area contributed by atoms with Crippen molar-refractivity contribution < 1.29 is 0 Å². The molecule has 1 spiro atoms. The summed E-state index contributed by atoms with van der Waals surface area (Å²) in [5.41, 5.74) is 0.738. The fourth-order valence-corrected chi connectivity index (χ4v) is 5.39. The molecule has 0 bridgehead atoms. The van der Waals surface area contributed by atoms with Crippen LogP contribution in [0.15, 0.2) is 0 Å². The number of likely N-dealkylation sites (tertiary alicyclic amines) is 1. The highest BCUT2D eigenvalue weighted by Crippen LogP contribution is 2.54. The molecule has 2 atom stereocenters. The minimum absolute atomic E-state index is 0.738. The predicted molar refractivity (Wildman–Crippen MR) is 116 cm³/mol. The molecule has 26 heavy (non-hydrogen) atoms. The second-order valence-corrected chi connectivity index (χ2v) is 9.85. The summed E-state index contributed by atoms with van der Waals surface area (Å²) >= 11 is 0. The summed E-state index contributed by atoms with van der Waals surface area (Å²) in [5.74, 6) is 2.82. The Kier molecular flexibility index (Phi) is 9.99. The number of hydrogen-bond donors (Lipinski definition) is 1. The van der Waals surface area contributed by atoms with E-state index in [2.05, 4.69) is 37.9 Å². The number of nitrogens with one attached hydrogen (secondary N) is 1. The topological polar surface area (TPSA) is 15.3 Å². The second kappa shape index (κ2) is 11.7. The third-order valence-electron chi connectivity index (χ3n) is 7.30. The van der Waals surface area contributed by atoms with E-state index in [0.717, 1.165) is 23.2 Å². The van der Waals surface area contributed by atoms with Gasteiger partial charge < -0.3 is 10.2 Å². The molecule has 2 aliphatic rings. The molecule has 1 saturated carbocycles. The average molecular weight is 365 g/mol. The van der Waals surface area contributed by atoms with Crippen molar-refractivity contribution in [2.75, 3.05) is 32.7 Å². The third kappa shape index (κ3) is 6.82. The van der Waals surface area contributed by atoms with Crippen molar-refractivity contribution in [2.45, 2.75) is 98.3 Å². The lowest BCUT2D eigenvalue weighted by molar-refractivity contribution is -0.112. The van der Waals surface area contributed by atoms with Crippen LogP contribution in [0.2, 0.25) is 0 Å². The summed E-state index contributed by atoms with van der Waals surface area (Å²) in [4.78, 5) is 2.77. The predicted octanol–water partition coefficient (Wildman–Crippen LogP) is 6.11. The van der Waals surface area contributed by atoms with Crippen LogP contribution in [0.4, 0.5) is 0 Å². The molecule has 1 aliphatic carbocycles. The molecular formula is C24H48N2. The van der Waals surface area contributed by atoms with Gasteiger partial charge in [0.1, 0.15) is 0 Å². The van der Waals surface area contributed by atoms with Crippen molar-refractivity contribution in [3.63, 3.8) is 0 Å². The third-order valence-corrected chi connectivity index (χ3v) is 7.30. The lowest BCUT2D eigenvalue weighted by Gasteiger charge is -2.61. The fraction of sp³-hybridized carbons (Fsp3) is 1.00. The first-order chi connectivity index (χ1) is 12.6. The highest BCUT2D eigenvalue weighted by molar-refractivity contribution is 5.05. The Hall–Kier alpha value is -0.0800. The normalized spacial score (nSPS) is 22.2. The summed E-state index contributed by atoms with van der Waals surface area (Å²) in [6.45, 7) is 16.1. The molecule has 1 heterocycles. The van der Waals surface area contributed by atoms with Crippen LogP contribution >= 0.6 is 0 Å². The monoisotopic (exact) mass is 364 g/mol. The summed E-state index contributed by atoms with van der Waals surface area (Å²) in [6, 6.07) is 0. The van der Waals surface area contributed by atoms with Gasteiger partial charge in [-0.3, -0.25) is 0 Å². The Morgan fingerprint density at radius 2 is 1.65 bits per heavy atom. The molecule has 0 amide bonds. The molecule has 154 valence electrons. The van der Waals surface area contributed by atoms with Crippen LogP contribution in [-0.4, -0.2) is 37.6 Å². The van der Waals surface area contributed by atoms with E-state index in [0.29, 0.717) is 0 Å². The maximum Gasteiger partial charge on any atom is 0.00508 e. The summed E-state index contributed by atoms with van der Waals surface area (Å²) in [6.07, 6.45) is 15.6. The van der Waals surface area contributed by atoms with Crippen molar-refractivity contribution in [3.8, 4) is 0 Å². The summed E-state index contributed by atoms with van der Waals surface area (Å²) in [7, 11) is 0. The number of nitrogens with zero attached hydrogens (tertiary/aromatic N) is 1. The molecule has 2 rings (SSSR count). The first kappa shape index (κ1) is 22.2. The molecular weight excluding hydrogens is 316 g/mol. The second-order valence-electron chi connectivity index (χ2n) is 9.85. The molecule has 0 aromatic rings. The van der Waals surface area contributed by atoms with Gasteiger partial charge in [-0.15, -0.1) is 0 Å². The van der Waals surface area contributed by atoms with Gasteiger partial charge in [0.15, 0.2) is 0 Å². The average Bonchev–Trinajstić information content (AvgIpc) is 2.57. The highest BCUT2D eigenvalue weighted by atomic mass is 15.2. The van der Waals surface area contributed by atoms with Gasteiger partial charge in [0.05, 0.1) is 0 Å². The smallest absolute Gasteiger partial charge is 0.00508 e. The van der Waals surface area contributed by atoms with Crippen molar-refractivity contribution in [1.29, 1.82) is 0 Å². The van der Waals surface area contributed by atoms with Crippen LogP contribution < -0.4 is 5.32 Å². The van der Waals surface area contributed by atoms with Gasteiger partial charge in [-0.2, -0.15) is 0 Å². The molecule has 2 nitrogen and oxygen atoms in total. The molecule has 0 aromatic carbocycles. The zero-order chi connectivity index (χ0) is 18.8. The van der Waals surface area contributed by atoms with Crippen LogP contribution in [0, 0.1) is 23.2 Å². The maximum atomic E-state index is 3.71. The minimum Gasteiger partial charge on any atom is -0.316 e. The largest absolute Gasteiger partial charge is 0.316 e. The van der Waals surface area contributed by atoms with Crippen LogP contribution in [0.5, 0.6) is 0 Å². The quantitative estimate of drug-likeness (QED) is 0.353. The fourth-order valence-electron chi connectivity index (χ4n) is 5.39. The van der Waals surface area contributed by atoms with Gasteiger partial charge in [0.25, 0.3) is 0 Å². The molecule has 1 unspecified atom stereocenters. The Bertz CT molecular complexity index is 353. The van der Waals surface area contributed by atoms with Gasteiger partial charge >= 0.3 is 0 Å². The van der Waals surface area contributed by atoms with E-state index in [4.69, 9.17) is 0 Å². The van der Waals surface area contributed by atoms with E-state index in [1.54, 1.807) is 0 Å². The summed E-state index contributed by atoms with van der Waals surface area (Å²) in [5, 5.41) is 3.71. The number of unbranched alkanes of at least 4 members (excludes halogenated alkanes) is 5.